The van der Waals surface area contributed by atoms with Gasteiger partial charge in [-0.15, -0.1) is 10.2 Å². The average Bonchev–Trinajstić information content (AvgIpc) is 3.32. The minimum Gasteiger partial charge on any atom is -0.360 e. The molecule has 1 aliphatic rings. The third kappa shape index (κ3) is 3.01. The van der Waals surface area contributed by atoms with Crippen molar-refractivity contribution in [3.63, 3.8) is 0 Å². The summed E-state index contributed by atoms with van der Waals surface area (Å²) in [6.07, 6.45) is 3.79. The monoisotopic (exact) mass is 392 g/mol. The van der Waals surface area contributed by atoms with Gasteiger partial charge in [-0.05, 0) is 31.0 Å². The van der Waals surface area contributed by atoms with Gasteiger partial charge in [0, 0.05) is 28.7 Å². The maximum absolute atomic E-state index is 14.3. The summed E-state index contributed by atoms with van der Waals surface area (Å²) in [4.78, 5) is 15.9. The van der Waals surface area contributed by atoms with Gasteiger partial charge in [-0.3, -0.25) is 9.36 Å². The first-order chi connectivity index (χ1) is 13.7. The maximum atomic E-state index is 14.3. The Hall–Kier alpha value is -2.93. The Morgan fingerprint density at radius 2 is 1.93 bits per heavy atom. The lowest BCUT2D eigenvalue weighted by Crippen LogP contribution is -2.05. The van der Waals surface area contributed by atoms with E-state index in [9.17, 15) is 9.18 Å². The number of Topliss-reactive ketones (excluding diaryl/α,β-unsaturated/α-hetero) is 1. The third-order valence-electron chi connectivity index (χ3n) is 4.91. The molecule has 0 saturated heterocycles. The largest absolute Gasteiger partial charge is 0.360 e. The Labute approximate surface area is 165 Å². The van der Waals surface area contributed by atoms with Crippen LogP contribution in [0.2, 0.25) is 0 Å². The zero-order valence-electron chi connectivity index (χ0n) is 14.9. The van der Waals surface area contributed by atoms with Crippen molar-refractivity contribution in [3.8, 4) is 11.4 Å². The number of aromatic amines is 1. The van der Waals surface area contributed by atoms with Crippen LogP contribution in [-0.4, -0.2) is 31.3 Å². The zero-order chi connectivity index (χ0) is 19.1. The van der Waals surface area contributed by atoms with Crippen molar-refractivity contribution < 1.29 is 9.18 Å². The number of rotatable bonds is 6. The number of halogens is 1. The standard InChI is InChI=1S/C21H17FN4OS/c22-17-7-3-1-6-15(17)20-24-25-21(26(20)13-9-10-13)28-12-19(27)16-11-23-18-8-4-2-5-14(16)18/h1-8,11,13,23H,9-10,12H2. The molecular weight excluding hydrogens is 375 g/mol. The van der Waals surface area contributed by atoms with Crippen molar-refractivity contribution >= 4 is 28.4 Å². The smallest absolute Gasteiger partial charge is 0.192 e. The summed E-state index contributed by atoms with van der Waals surface area (Å²) >= 11 is 1.36. The zero-order valence-corrected chi connectivity index (χ0v) is 15.7. The number of ketones is 1. The highest BCUT2D eigenvalue weighted by Gasteiger charge is 2.31. The van der Waals surface area contributed by atoms with Crippen LogP contribution >= 0.6 is 11.8 Å². The average molecular weight is 392 g/mol. The van der Waals surface area contributed by atoms with E-state index in [2.05, 4.69) is 15.2 Å². The third-order valence-corrected chi connectivity index (χ3v) is 5.86. The van der Waals surface area contributed by atoms with Crippen LogP contribution in [0.15, 0.2) is 59.9 Å². The van der Waals surface area contributed by atoms with Crippen LogP contribution in [-0.2, 0) is 0 Å². The van der Waals surface area contributed by atoms with Gasteiger partial charge in [0.05, 0.1) is 11.3 Å². The van der Waals surface area contributed by atoms with E-state index in [1.54, 1.807) is 24.4 Å². The normalized spacial score (nSPS) is 13.9. The van der Waals surface area contributed by atoms with Crippen LogP contribution in [0.25, 0.3) is 22.3 Å². The Balaban J connectivity index is 1.42. The summed E-state index contributed by atoms with van der Waals surface area (Å²) in [6, 6.07) is 14.6. The molecule has 2 heterocycles. The van der Waals surface area contributed by atoms with Crippen molar-refractivity contribution in [2.24, 2.45) is 0 Å². The van der Waals surface area contributed by atoms with E-state index in [1.165, 1.54) is 17.8 Å². The quantitative estimate of drug-likeness (QED) is 0.375. The van der Waals surface area contributed by atoms with Crippen molar-refractivity contribution in [3.05, 3.63) is 66.1 Å². The van der Waals surface area contributed by atoms with Crippen LogP contribution in [0.5, 0.6) is 0 Å². The predicted molar refractivity (Wildman–Crippen MR) is 107 cm³/mol. The molecule has 1 aliphatic carbocycles. The Kier molecular flexibility index (Phi) is 4.24. The Morgan fingerprint density at radius 3 is 2.75 bits per heavy atom. The molecule has 1 N–H and O–H groups in total. The minimum absolute atomic E-state index is 0.0280. The Morgan fingerprint density at radius 1 is 1.14 bits per heavy atom. The molecular formula is C21H17FN4OS. The van der Waals surface area contributed by atoms with Gasteiger partial charge in [0.15, 0.2) is 16.8 Å². The molecule has 1 fully saturated rings. The van der Waals surface area contributed by atoms with Gasteiger partial charge in [0.25, 0.3) is 0 Å². The van der Waals surface area contributed by atoms with Crippen LogP contribution in [0.1, 0.15) is 29.2 Å². The summed E-state index contributed by atoms with van der Waals surface area (Å²) < 4.78 is 16.2. The van der Waals surface area contributed by atoms with Gasteiger partial charge < -0.3 is 4.98 Å². The van der Waals surface area contributed by atoms with E-state index in [1.807, 2.05) is 28.8 Å². The molecule has 2 aromatic carbocycles. The van der Waals surface area contributed by atoms with Gasteiger partial charge in [-0.1, -0.05) is 42.1 Å². The highest BCUT2D eigenvalue weighted by molar-refractivity contribution is 7.99. The number of nitrogens with zero attached hydrogens (tertiary/aromatic N) is 3. The molecule has 140 valence electrons. The molecule has 28 heavy (non-hydrogen) atoms. The lowest BCUT2D eigenvalue weighted by atomic mass is 10.1. The molecule has 0 atom stereocenters. The molecule has 0 spiro atoms. The predicted octanol–water partition coefficient (Wildman–Crippen LogP) is 4.88. The molecule has 1 saturated carbocycles. The van der Waals surface area contributed by atoms with Gasteiger partial charge in [-0.25, -0.2) is 4.39 Å². The first-order valence-corrected chi connectivity index (χ1v) is 10.1. The first-order valence-electron chi connectivity index (χ1n) is 9.14. The molecule has 0 radical (unpaired) electrons. The highest BCUT2D eigenvalue weighted by atomic mass is 32.2. The topological polar surface area (TPSA) is 63.6 Å². The number of fused-ring (bicyclic) bond motifs is 1. The van der Waals surface area contributed by atoms with Gasteiger partial charge in [0.1, 0.15) is 5.82 Å². The second-order valence-electron chi connectivity index (χ2n) is 6.85. The molecule has 0 amide bonds. The first kappa shape index (κ1) is 17.2. The number of aromatic nitrogens is 4. The van der Waals surface area contributed by atoms with Crippen molar-refractivity contribution in [1.29, 1.82) is 0 Å². The van der Waals surface area contributed by atoms with E-state index in [4.69, 9.17) is 0 Å². The number of thioether (sulfide) groups is 1. The number of para-hydroxylation sites is 1. The number of hydrogen-bond donors (Lipinski definition) is 1. The van der Waals surface area contributed by atoms with Crippen LogP contribution in [0.4, 0.5) is 4.39 Å². The molecule has 4 aromatic rings. The van der Waals surface area contributed by atoms with E-state index < -0.39 is 0 Å². The summed E-state index contributed by atoms with van der Waals surface area (Å²) in [7, 11) is 0. The number of carbonyl (C=O) groups excluding carboxylic acids is 1. The number of nitrogens with one attached hydrogen (secondary N) is 1. The van der Waals surface area contributed by atoms with Gasteiger partial charge in [-0.2, -0.15) is 0 Å². The lowest BCUT2D eigenvalue weighted by molar-refractivity contribution is 0.102. The summed E-state index contributed by atoms with van der Waals surface area (Å²) in [5.41, 5.74) is 2.06. The second kappa shape index (κ2) is 6.91. The molecule has 5 nitrogen and oxygen atoms in total. The summed E-state index contributed by atoms with van der Waals surface area (Å²) in [5.74, 6) is 0.496. The summed E-state index contributed by atoms with van der Waals surface area (Å²) in [6.45, 7) is 0. The lowest BCUT2D eigenvalue weighted by Gasteiger charge is -2.09. The van der Waals surface area contributed by atoms with Crippen LogP contribution in [0, 0.1) is 5.82 Å². The van der Waals surface area contributed by atoms with Crippen LogP contribution in [0.3, 0.4) is 0 Å². The van der Waals surface area contributed by atoms with E-state index in [0.717, 1.165) is 23.7 Å². The van der Waals surface area contributed by atoms with Crippen LogP contribution < -0.4 is 0 Å². The van der Waals surface area contributed by atoms with Crippen molar-refractivity contribution in [2.45, 2.75) is 24.0 Å². The fourth-order valence-electron chi connectivity index (χ4n) is 3.37. The van der Waals surface area contributed by atoms with E-state index in [0.29, 0.717) is 22.1 Å². The number of hydrogen-bond acceptors (Lipinski definition) is 4. The SMILES string of the molecule is O=C(CSc1nnc(-c2ccccc2F)n1C1CC1)c1c[nH]c2ccccc12. The maximum Gasteiger partial charge on any atom is 0.192 e. The number of carbonyl (C=O) groups is 1. The second-order valence-corrected chi connectivity index (χ2v) is 7.79. The Bertz CT molecular complexity index is 1180. The molecule has 7 heteroatoms. The molecule has 2 aromatic heterocycles. The minimum atomic E-state index is -0.316. The fourth-order valence-corrected chi connectivity index (χ4v) is 4.26. The van der Waals surface area contributed by atoms with Gasteiger partial charge >= 0.3 is 0 Å². The molecule has 0 bridgehead atoms. The molecule has 0 aliphatic heterocycles. The van der Waals surface area contributed by atoms with Crippen molar-refractivity contribution in [2.75, 3.05) is 5.75 Å². The van der Waals surface area contributed by atoms with E-state index in [-0.39, 0.29) is 23.4 Å². The summed E-state index contributed by atoms with van der Waals surface area (Å²) in [5, 5.41) is 10.1. The highest BCUT2D eigenvalue weighted by Crippen LogP contribution is 2.41. The number of benzene rings is 2. The van der Waals surface area contributed by atoms with Crippen molar-refractivity contribution in [1.82, 2.24) is 19.7 Å². The molecule has 5 rings (SSSR count). The number of H-pyrrole nitrogens is 1. The van der Waals surface area contributed by atoms with Gasteiger partial charge in [0.2, 0.25) is 0 Å². The molecule has 0 unspecified atom stereocenters. The van der Waals surface area contributed by atoms with E-state index >= 15 is 0 Å². The fraction of sp³-hybridized carbons (Fsp3) is 0.190.